The molecule has 0 fully saturated rings. The number of Topliss-reactive ketones (excluding diaryl/α,β-unsaturated/α-hetero) is 2. The minimum atomic E-state index is -5.06. The maximum Gasteiger partial charge on any atom is 0.450 e. The molecule has 0 N–H and O–H groups in total. The van der Waals surface area contributed by atoms with Gasteiger partial charge in [0.15, 0.2) is 11.5 Å². The maximum atomic E-state index is 13.1. The first-order chi connectivity index (χ1) is 17.4. The van der Waals surface area contributed by atoms with E-state index in [2.05, 4.69) is 9.15 Å². The van der Waals surface area contributed by atoms with Crippen molar-refractivity contribution in [1.29, 1.82) is 0 Å². The molecule has 7 nitrogen and oxygen atoms in total. The standard InChI is InChI=1S/C15H7F3O5.C10H4Cl2O2/c1-22-14(21)9-8-10(19)6-4-2-3-5-7(6)11(20)12(8)23-13(9)15(16,17)18;11-7-8(12)10(14)6-4-2-1-3-5(6)9(7)13/h2-5H,1H3;1-4H. The Bertz CT molecular complexity index is 1520. The van der Waals surface area contributed by atoms with Crippen LogP contribution in [0.5, 0.6) is 0 Å². The minimum absolute atomic E-state index is 0.0797. The molecular formula is C25H11Cl2F3O7. The van der Waals surface area contributed by atoms with Gasteiger partial charge in [0.25, 0.3) is 0 Å². The first-order valence-corrected chi connectivity index (χ1v) is 10.9. The van der Waals surface area contributed by atoms with E-state index in [-0.39, 0.29) is 21.2 Å². The van der Waals surface area contributed by atoms with Crippen molar-refractivity contribution < 1.29 is 46.3 Å². The van der Waals surface area contributed by atoms with Gasteiger partial charge in [-0.15, -0.1) is 0 Å². The highest BCUT2D eigenvalue weighted by Gasteiger charge is 2.48. The fourth-order valence-corrected chi connectivity index (χ4v) is 4.13. The Balaban J connectivity index is 0.000000195. The molecule has 12 heteroatoms. The number of furan rings is 1. The van der Waals surface area contributed by atoms with Crippen LogP contribution in [-0.4, -0.2) is 36.2 Å². The average molecular weight is 551 g/mol. The molecule has 0 aliphatic heterocycles. The molecule has 0 atom stereocenters. The summed E-state index contributed by atoms with van der Waals surface area (Å²) in [6.07, 6.45) is -5.06. The molecule has 0 radical (unpaired) electrons. The number of carbonyl (C=O) groups is 5. The lowest BCUT2D eigenvalue weighted by Crippen LogP contribution is -2.22. The highest BCUT2D eigenvalue weighted by molar-refractivity contribution is 6.59. The maximum absolute atomic E-state index is 13.1. The number of hydrogen-bond donors (Lipinski definition) is 0. The van der Waals surface area contributed by atoms with Crippen LogP contribution in [0.3, 0.4) is 0 Å². The van der Waals surface area contributed by atoms with Crippen molar-refractivity contribution in [3.8, 4) is 0 Å². The van der Waals surface area contributed by atoms with Crippen LogP contribution in [0.25, 0.3) is 0 Å². The molecule has 2 aliphatic rings. The third-order valence-electron chi connectivity index (χ3n) is 5.41. The molecule has 0 amide bonds. The number of rotatable bonds is 1. The molecule has 188 valence electrons. The van der Waals surface area contributed by atoms with E-state index in [1.807, 2.05) is 0 Å². The average Bonchev–Trinajstić information content (AvgIpc) is 3.31. The zero-order valence-corrected chi connectivity index (χ0v) is 19.9. The van der Waals surface area contributed by atoms with E-state index in [1.54, 1.807) is 24.3 Å². The van der Waals surface area contributed by atoms with Gasteiger partial charge in [0, 0.05) is 22.3 Å². The van der Waals surface area contributed by atoms with Crippen LogP contribution in [0.15, 0.2) is 63.0 Å². The Kier molecular flexibility index (Phi) is 6.66. The zero-order chi connectivity index (χ0) is 27.2. The fourth-order valence-electron chi connectivity index (χ4n) is 3.76. The van der Waals surface area contributed by atoms with E-state index in [1.165, 1.54) is 24.3 Å². The smallest absolute Gasteiger partial charge is 0.450 e. The normalized spacial score (nSPS) is 14.4. The van der Waals surface area contributed by atoms with Gasteiger partial charge in [-0.25, -0.2) is 4.79 Å². The van der Waals surface area contributed by atoms with Crippen molar-refractivity contribution in [2.45, 2.75) is 6.18 Å². The van der Waals surface area contributed by atoms with Crippen molar-refractivity contribution in [2.24, 2.45) is 0 Å². The number of allylic oxidation sites excluding steroid dienone is 2. The number of carbonyl (C=O) groups excluding carboxylic acids is 5. The van der Waals surface area contributed by atoms with Crippen LogP contribution < -0.4 is 0 Å². The second-order valence-corrected chi connectivity index (χ2v) is 8.29. The molecule has 0 saturated carbocycles. The molecule has 2 aliphatic carbocycles. The van der Waals surface area contributed by atoms with Crippen molar-refractivity contribution in [3.63, 3.8) is 0 Å². The van der Waals surface area contributed by atoms with Crippen LogP contribution in [0, 0.1) is 0 Å². The number of fused-ring (bicyclic) bond motifs is 3. The highest BCUT2D eigenvalue weighted by Crippen LogP contribution is 2.41. The largest absolute Gasteiger partial charge is 0.465 e. The molecule has 0 unspecified atom stereocenters. The van der Waals surface area contributed by atoms with Gasteiger partial charge in [0.2, 0.25) is 23.1 Å². The predicted molar refractivity (Wildman–Crippen MR) is 122 cm³/mol. The number of methoxy groups -OCH3 is 1. The summed E-state index contributed by atoms with van der Waals surface area (Å²) >= 11 is 11.2. The lowest BCUT2D eigenvalue weighted by Gasteiger charge is -2.13. The Morgan fingerprint density at radius 1 is 0.757 bits per heavy atom. The lowest BCUT2D eigenvalue weighted by molar-refractivity contribution is -0.153. The lowest BCUT2D eigenvalue weighted by atomic mass is 9.86. The molecule has 0 spiro atoms. The molecule has 1 aromatic heterocycles. The third-order valence-corrected chi connectivity index (χ3v) is 6.23. The summed E-state index contributed by atoms with van der Waals surface area (Å²) in [6, 6.07) is 12.0. The summed E-state index contributed by atoms with van der Waals surface area (Å²) < 4.78 is 48.1. The predicted octanol–water partition coefficient (Wildman–Crippen LogP) is 5.62. The number of esters is 1. The summed E-state index contributed by atoms with van der Waals surface area (Å²) in [5.74, 6) is -6.50. The summed E-state index contributed by atoms with van der Waals surface area (Å²) in [6.45, 7) is 0. The Hall–Kier alpha value is -4.02. The first-order valence-electron chi connectivity index (χ1n) is 10.1. The van der Waals surface area contributed by atoms with Crippen molar-refractivity contribution in [1.82, 2.24) is 0 Å². The Morgan fingerprint density at radius 2 is 1.16 bits per heavy atom. The van der Waals surface area contributed by atoms with Gasteiger partial charge in [0.1, 0.15) is 15.6 Å². The summed E-state index contributed by atoms with van der Waals surface area (Å²) in [5, 5.41) is -0.397. The molecule has 3 aromatic rings. The van der Waals surface area contributed by atoms with Gasteiger partial charge in [-0.3, -0.25) is 19.2 Å². The summed E-state index contributed by atoms with van der Waals surface area (Å²) in [7, 11) is 0.866. The van der Waals surface area contributed by atoms with Crippen LogP contribution in [0.2, 0.25) is 0 Å². The van der Waals surface area contributed by atoms with E-state index in [0.29, 0.717) is 11.1 Å². The van der Waals surface area contributed by atoms with Gasteiger partial charge >= 0.3 is 12.1 Å². The molecule has 1 heterocycles. The second-order valence-electron chi connectivity index (χ2n) is 7.54. The van der Waals surface area contributed by atoms with E-state index in [0.717, 1.165) is 7.11 Å². The third kappa shape index (κ3) is 4.28. The van der Waals surface area contributed by atoms with Gasteiger partial charge in [-0.05, 0) is 0 Å². The van der Waals surface area contributed by atoms with Gasteiger partial charge in [0.05, 0.1) is 12.7 Å². The first kappa shape index (κ1) is 26.1. The monoisotopic (exact) mass is 550 g/mol. The van der Waals surface area contributed by atoms with Crippen LogP contribution in [0.4, 0.5) is 13.2 Å². The quantitative estimate of drug-likeness (QED) is 0.283. The number of alkyl halides is 3. The SMILES string of the molecule is COC(=O)c1c(C(F)(F)F)oc2c1C(=O)c1ccccc1C2=O.O=C1C(Cl)=C(Cl)C(=O)c2ccccc21. The van der Waals surface area contributed by atoms with Gasteiger partial charge in [-0.2, -0.15) is 13.2 Å². The minimum Gasteiger partial charge on any atom is -0.465 e. The van der Waals surface area contributed by atoms with Gasteiger partial charge < -0.3 is 9.15 Å². The fraction of sp³-hybridized carbons (Fsp3) is 0.0800. The molecule has 2 aromatic carbocycles. The van der Waals surface area contributed by atoms with Crippen LogP contribution >= 0.6 is 23.2 Å². The van der Waals surface area contributed by atoms with E-state index in [4.69, 9.17) is 23.2 Å². The van der Waals surface area contributed by atoms with Crippen LogP contribution in [-0.2, 0) is 10.9 Å². The number of hydrogen-bond acceptors (Lipinski definition) is 7. The number of halogens is 5. The van der Waals surface area contributed by atoms with E-state index in [9.17, 15) is 37.1 Å². The van der Waals surface area contributed by atoms with Gasteiger partial charge in [-0.1, -0.05) is 71.7 Å². The Morgan fingerprint density at radius 3 is 1.57 bits per heavy atom. The molecule has 0 saturated heterocycles. The summed E-state index contributed by atoms with van der Waals surface area (Å²) in [4.78, 5) is 59.6. The molecule has 5 rings (SSSR count). The van der Waals surface area contributed by atoms with Crippen LogP contribution in [0.1, 0.15) is 68.9 Å². The topological polar surface area (TPSA) is 108 Å². The molecule has 37 heavy (non-hydrogen) atoms. The zero-order valence-electron chi connectivity index (χ0n) is 18.4. The highest BCUT2D eigenvalue weighted by atomic mass is 35.5. The number of ketones is 4. The van der Waals surface area contributed by atoms with E-state index < -0.39 is 57.9 Å². The van der Waals surface area contributed by atoms with Crippen molar-refractivity contribution >= 4 is 52.3 Å². The second kappa shape index (κ2) is 9.45. The van der Waals surface area contributed by atoms with E-state index >= 15 is 0 Å². The molecular weight excluding hydrogens is 540 g/mol. The van der Waals surface area contributed by atoms with Crippen molar-refractivity contribution in [2.75, 3.05) is 7.11 Å². The molecule has 0 bridgehead atoms. The number of ether oxygens (including phenoxy) is 1. The van der Waals surface area contributed by atoms with Crippen molar-refractivity contribution in [3.05, 3.63) is 103 Å². The Labute approximate surface area is 215 Å². The summed E-state index contributed by atoms with van der Waals surface area (Å²) in [5.41, 5.74) is -1.34. The number of benzene rings is 2.